The van der Waals surface area contributed by atoms with Gasteiger partial charge in [-0.3, -0.25) is 9.67 Å². The van der Waals surface area contributed by atoms with Gasteiger partial charge in [-0.1, -0.05) is 36.4 Å². The standard InChI is InChI=1S/C22H19N7/c1-16-12-19(10-11-23-16)25-22-26-21-9-5-8-20(29(21)27-22)18-13-24-28(15-18)14-17-6-3-2-4-7-17/h2-13,15H,14H2,1H3,(H,23,25,27). The van der Waals surface area contributed by atoms with Crippen LogP contribution in [0, 0.1) is 6.92 Å². The molecule has 1 aromatic carbocycles. The van der Waals surface area contributed by atoms with Crippen LogP contribution in [-0.2, 0) is 6.54 Å². The molecule has 0 saturated heterocycles. The number of anilines is 2. The minimum Gasteiger partial charge on any atom is -0.323 e. The van der Waals surface area contributed by atoms with E-state index >= 15 is 0 Å². The van der Waals surface area contributed by atoms with Crippen molar-refractivity contribution in [3.8, 4) is 11.3 Å². The monoisotopic (exact) mass is 381 g/mol. The molecule has 5 aromatic rings. The van der Waals surface area contributed by atoms with Crippen molar-refractivity contribution in [3.05, 3.63) is 90.5 Å². The van der Waals surface area contributed by atoms with Crippen molar-refractivity contribution >= 4 is 17.3 Å². The second-order valence-corrected chi connectivity index (χ2v) is 6.84. The third-order valence-corrected chi connectivity index (χ3v) is 4.63. The summed E-state index contributed by atoms with van der Waals surface area (Å²) in [5.74, 6) is 0.541. The summed E-state index contributed by atoms with van der Waals surface area (Å²) < 4.78 is 3.76. The molecule has 0 fully saturated rings. The third kappa shape index (κ3) is 3.58. The fourth-order valence-corrected chi connectivity index (χ4v) is 3.28. The number of nitrogens with zero attached hydrogens (tertiary/aromatic N) is 6. The number of benzene rings is 1. The van der Waals surface area contributed by atoms with Gasteiger partial charge in [-0.2, -0.15) is 10.1 Å². The minimum absolute atomic E-state index is 0.541. The molecule has 0 aliphatic rings. The Bertz CT molecular complexity index is 1270. The number of aromatic nitrogens is 6. The van der Waals surface area contributed by atoms with Crippen LogP contribution < -0.4 is 5.32 Å². The quantitative estimate of drug-likeness (QED) is 0.496. The molecule has 0 aliphatic heterocycles. The number of hydrogen-bond acceptors (Lipinski definition) is 5. The van der Waals surface area contributed by atoms with Crippen LogP contribution in [0.1, 0.15) is 11.3 Å². The Morgan fingerprint density at radius 1 is 1.00 bits per heavy atom. The highest BCUT2D eigenvalue weighted by Crippen LogP contribution is 2.22. The van der Waals surface area contributed by atoms with Gasteiger partial charge in [-0.05, 0) is 36.8 Å². The summed E-state index contributed by atoms with van der Waals surface area (Å²) >= 11 is 0. The van der Waals surface area contributed by atoms with E-state index in [-0.39, 0.29) is 0 Å². The lowest BCUT2D eigenvalue weighted by Gasteiger charge is -2.02. The summed E-state index contributed by atoms with van der Waals surface area (Å²) in [6.45, 7) is 2.68. The Kier molecular flexibility index (Phi) is 4.25. The number of hydrogen-bond donors (Lipinski definition) is 1. The second-order valence-electron chi connectivity index (χ2n) is 6.84. The van der Waals surface area contributed by atoms with Crippen molar-refractivity contribution in [1.82, 2.24) is 29.4 Å². The molecular formula is C22H19N7. The molecule has 4 heterocycles. The number of nitrogens with one attached hydrogen (secondary N) is 1. The van der Waals surface area contributed by atoms with Gasteiger partial charge in [0.15, 0.2) is 5.65 Å². The van der Waals surface area contributed by atoms with Crippen LogP contribution in [0.5, 0.6) is 0 Å². The Balaban J connectivity index is 1.45. The van der Waals surface area contributed by atoms with Gasteiger partial charge in [0.1, 0.15) is 0 Å². The number of rotatable bonds is 5. The molecule has 4 aromatic heterocycles. The van der Waals surface area contributed by atoms with Crippen LogP contribution in [0.4, 0.5) is 11.6 Å². The van der Waals surface area contributed by atoms with E-state index in [0.29, 0.717) is 5.95 Å². The van der Waals surface area contributed by atoms with E-state index in [1.165, 1.54) is 5.56 Å². The van der Waals surface area contributed by atoms with Crippen LogP contribution in [-0.4, -0.2) is 29.4 Å². The molecule has 0 unspecified atom stereocenters. The summed E-state index contributed by atoms with van der Waals surface area (Å²) in [6, 6.07) is 20.1. The molecule has 0 atom stereocenters. The van der Waals surface area contributed by atoms with Crippen LogP contribution in [0.25, 0.3) is 16.9 Å². The summed E-state index contributed by atoms with van der Waals surface area (Å²) in [7, 11) is 0. The van der Waals surface area contributed by atoms with Crippen molar-refractivity contribution in [2.45, 2.75) is 13.5 Å². The Hall–Kier alpha value is -4.00. The van der Waals surface area contributed by atoms with Crippen molar-refractivity contribution in [3.63, 3.8) is 0 Å². The summed E-state index contributed by atoms with van der Waals surface area (Å²) in [5.41, 5.74) is 5.75. The lowest BCUT2D eigenvalue weighted by molar-refractivity contribution is 0.687. The van der Waals surface area contributed by atoms with Gasteiger partial charge < -0.3 is 5.32 Å². The molecule has 29 heavy (non-hydrogen) atoms. The molecular weight excluding hydrogens is 362 g/mol. The molecule has 5 rings (SSSR count). The van der Waals surface area contributed by atoms with Crippen LogP contribution in [0.2, 0.25) is 0 Å². The Morgan fingerprint density at radius 3 is 2.76 bits per heavy atom. The highest BCUT2D eigenvalue weighted by molar-refractivity contribution is 5.63. The first-order valence-corrected chi connectivity index (χ1v) is 9.37. The zero-order valence-electron chi connectivity index (χ0n) is 15.9. The molecule has 0 bridgehead atoms. The first-order valence-electron chi connectivity index (χ1n) is 9.37. The second kappa shape index (κ2) is 7.20. The van der Waals surface area contributed by atoms with E-state index in [0.717, 1.165) is 34.8 Å². The molecule has 7 heteroatoms. The van der Waals surface area contributed by atoms with E-state index in [9.17, 15) is 0 Å². The van der Waals surface area contributed by atoms with Crippen molar-refractivity contribution in [2.24, 2.45) is 0 Å². The van der Waals surface area contributed by atoms with Crippen molar-refractivity contribution in [1.29, 1.82) is 0 Å². The van der Waals surface area contributed by atoms with Gasteiger partial charge in [0.25, 0.3) is 0 Å². The van der Waals surface area contributed by atoms with Gasteiger partial charge >= 0.3 is 0 Å². The molecule has 0 amide bonds. The Morgan fingerprint density at radius 2 is 1.90 bits per heavy atom. The topological polar surface area (TPSA) is 72.9 Å². The lowest BCUT2D eigenvalue weighted by atomic mass is 10.2. The summed E-state index contributed by atoms with van der Waals surface area (Å²) in [6.07, 6.45) is 5.65. The van der Waals surface area contributed by atoms with E-state index < -0.39 is 0 Å². The maximum atomic E-state index is 4.64. The SMILES string of the molecule is Cc1cc(Nc2nc3cccc(-c4cnn(Cc5ccccc5)c4)n3n2)ccn1. The maximum Gasteiger partial charge on any atom is 0.247 e. The van der Waals surface area contributed by atoms with Crippen molar-refractivity contribution in [2.75, 3.05) is 5.32 Å². The molecule has 0 aliphatic carbocycles. The van der Waals surface area contributed by atoms with Crippen molar-refractivity contribution < 1.29 is 0 Å². The highest BCUT2D eigenvalue weighted by Gasteiger charge is 2.11. The fourth-order valence-electron chi connectivity index (χ4n) is 3.28. The smallest absolute Gasteiger partial charge is 0.247 e. The summed E-state index contributed by atoms with van der Waals surface area (Å²) in [5, 5.41) is 12.4. The predicted molar refractivity (Wildman–Crippen MR) is 112 cm³/mol. The van der Waals surface area contributed by atoms with E-state index in [1.807, 2.05) is 77.0 Å². The third-order valence-electron chi connectivity index (χ3n) is 4.63. The molecule has 0 radical (unpaired) electrons. The average Bonchev–Trinajstić information content (AvgIpc) is 3.35. The van der Waals surface area contributed by atoms with Gasteiger partial charge in [0.05, 0.1) is 18.4 Å². The van der Waals surface area contributed by atoms with Crippen LogP contribution in [0.15, 0.2) is 79.3 Å². The van der Waals surface area contributed by atoms with E-state index in [1.54, 1.807) is 6.20 Å². The van der Waals surface area contributed by atoms with Crippen LogP contribution in [0.3, 0.4) is 0 Å². The van der Waals surface area contributed by atoms with E-state index in [4.69, 9.17) is 0 Å². The number of aryl methyl sites for hydroxylation is 1. The first kappa shape index (κ1) is 17.1. The number of fused-ring (bicyclic) bond motifs is 1. The zero-order chi connectivity index (χ0) is 19.6. The molecule has 7 nitrogen and oxygen atoms in total. The van der Waals surface area contributed by atoms with E-state index in [2.05, 4.69) is 37.6 Å². The minimum atomic E-state index is 0.541. The normalized spacial score (nSPS) is 11.1. The highest BCUT2D eigenvalue weighted by atomic mass is 15.4. The van der Waals surface area contributed by atoms with Gasteiger partial charge in [0.2, 0.25) is 5.95 Å². The number of pyridine rings is 2. The van der Waals surface area contributed by atoms with Gasteiger partial charge in [0, 0.05) is 29.3 Å². The van der Waals surface area contributed by atoms with Gasteiger partial charge in [-0.15, -0.1) is 5.10 Å². The average molecular weight is 381 g/mol. The predicted octanol–water partition coefficient (Wildman–Crippen LogP) is 4.09. The summed E-state index contributed by atoms with van der Waals surface area (Å²) in [4.78, 5) is 8.81. The maximum absolute atomic E-state index is 4.64. The lowest BCUT2D eigenvalue weighted by Crippen LogP contribution is -1.99. The molecule has 142 valence electrons. The zero-order valence-corrected chi connectivity index (χ0v) is 15.9. The first-order chi connectivity index (χ1) is 14.2. The molecule has 1 N–H and O–H groups in total. The molecule has 0 saturated carbocycles. The fraction of sp³-hybridized carbons (Fsp3) is 0.0909. The van der Waals surface area contributed by atoms with Crippen LogP contribution >= 0.6 is 0 Å². The molecule has 0 spiro atoms. The van der Waals surface area contributed by atoms with Gasteiger partial charge in [-0.25, -0.2) is 4.52 Å². The Labute approximate surface area is 167 Å². The largest absolute Gasteiger partial charge is 0.323 e.